The molecule has 3 aromatic rings. The predicted molar refractivity (Wildman–Crippen MR) is 147 cm³/mol. The normalized spacial score (nSPS) is 19.9. The molecule has 1 aromatic carbocycles. The van der Waals surface area contributed by atoms with Gasteiger partial charge in [-0.05, 0) is 48.9 Å². The van der Waals surface area contributed by atoms with Gasteiger partial charge in [0.2, 0.25) is 5.91 Å². The van der Waals surface area contributed by atoms with Crippen LogP contribution in [-0.4, -0.2) is 34.4 Å². The van der Waals surface area contributed by atoms with Crippen LogP contribution in [0.5, 0.6) is 0 Å². The van der Waals surface area contributed by atoms with Crippen LogP contribution in [0.3, 0.4) is 0 Å². The molecule has 2 radical (unpaired) electrons. The average molecular weight is 533 g/mol. The largest absolute Gasteiger partial charge is 0.458 e. The molecule has 0 saturated heterocycles. The number of nitrogens with one attached hydrogen (secondary N) is 1. The molecule has 2 aromatic heterocycles. The van der Waals surface area contributed by atoms with Crippen LogP contribution in [0, 0.1) is 12.7 Å². The van der Waals surface area contributed by atoms with Crippen LogP contribution in [0.1, 0.15) is 80.0 Å². The second-order valence-corrected chi connectivity index (χ2v) is 9.60. The maximum Gasteiger partial charge on any atom is 0.343 e. The molecule has 39 heavy (non-hydrogen) atoms. The number of hydrogen-bond acceptors (Lipinski definition) is 6. The van der Waals surface area contributed by atoms with Gasteiger partial charge in [-0.1, -0.05) is 27.6 Å². The number of hydrogen-bond donors (Lipinski definition) is 2. The van der Waals surface area contributed by atoms with Gasteiger partial charge in [-0.15, -0.1) is 0 Å². The number of nitrogens with zero attached hydrogens (tertiary/aromatic N) is 2. The molecule has 3 aliphatic rings. The molecule has 204 valence electrons. The molecule has 2 unspecified atom stereocenters. The van der Waals surface area contributed by atoms with E-state index in [2.05, 4.69) is 13.2 Å². The van der Waals surface area contributed by atoms with Crippen molar-refractivity contribution in [3.05, 3.63) is 61.7 Å². The number of ether oxygens (including phenoxy) is 1. The lowest BCUT2D eigenvalue weighted by Gasteiger charge is -2.31. The van der Waals surface area contributed by atoms with Gasteiger partial charge in [0.1, 0.15) is 12.4 Å². The highest BCUT2D eigenvalue weighted by atomic mass is 19.1. The molecular weight excluding hydrogens is 500 g/mol. The van der Waals surface area contributed by atoms with Crippen LogP contribution >= 0.6 is 0 Å². The van der Waals surface area contributed by atoms with Gasteiger partial charge in [0, 0.05) is 29.5 Å². The Kier molecular flexibility index (Phi) is 7.71. The van der Waals surface area contributed by atoms with Gasteiger partial charge in [0.05, 0.1) is 42.9 Å². The highest BCUT2D eigenvalue weighted by Gasteiger charge is 2.46. The first kappa shape index (κ1) is 28.5. The van der Waals surface area contributed by atoms with Crippen molar-refractivity contribution in [1.29, 1.82) is 0 Å². The van der Waals surface area contributed by atoms with Crippen LogP contribution in [-0.2, 0) is 39.5 Å². The van der Waals surface area contributed by atoms with E-state index in [0.29, 0.717) is 35.3 Å². The Bertz CT molecular complexity index is 1570. The van der Waals surface area contributed by atoms with E-state index < -0.39 is 11.6 Å². The van der Waals surface area contributed by atoms with Crippen molar-refractivity contribution in [2.75, 3.05) is 0 Å². The van der Waals surface area contributed by atoms with Gasteiger partial charge >= 0.3 is 5.97 Å². The summed E-state index contributed by atoms with van der Waals surface area (Å²) in [7, 11) is 4.50. The zero-order valence-electron chi connectivity index (χ0n) is 23.2. The Morgan fingerprint density at radius 2 is 1.95 bits per heavy atom. The first-order chi connectivity index (χ1) is 18.7. The predicted octanol–water partition coefficient (Wildman–Crippen LogP) is 3.88. The van der Waals surface area contributed by atoms with Gasteiger partial charge < -0.3 is 19.7 Å². The fourth-order valence-corrected chi connectivity index (χ4v) is 5.94. The monoisotopic (exact) mass is 533 g/mol. The first-order valence-electron chi connectivity index (χ1n) is 13.3. The fraction of sp³-hybridized carbons (Fsp3) is 0.448. The summed E-state index contributed by atoms with van der Waals surface area (Å²) in [6.07, 6.45) is 1.24. The number of halogens is 1. The van der Waals surface area contributed by atoms with Crippen LogP contribution in [0.15, 0.2) is 16.9 Å². The maximum atomic E-state index is 14.8. The molecule has 0 fully saturated rings. The van der Waals surface area contributed by atoms with E-state index in [-0.39, 0.29) is 54.0 Å². The molecule has 10 heteroatoms. The average Bonchev–Trinajstić information content (AvgIpc) is 3.31. The van der Waals surface area contributed by atoms with Crippen molar-refractivity contribution >= 4 is 30.6 Å². The molecule has 0 bridgehead atoms. The van der Waals surface area contributed by atoms with Gasteiger partial charge in [0.15, 0.2) is 5.60 Å². The number of cyclic esters (lactones) is 1. The lowest BCUT2D eigenvalue weighted by atomic mass is 9.81. The molecule has 6 rings (SSSR count). The number of fused-ring (bicyclic) bond motifs is 5. The zero-order chi connectivity index (χ0) is 28.8. The van der Waals surface area contributed by atoms with E-state index in [0.717, 1.165) is 22.1 Å². The number of benzene rings is 1. The lowest BCUT2D eigenvalue weighted by Crippen LogP contribution is -2.44. The van der Waals surface area contributed by atoms with Crippen molar-refractivity contribution in [1.82, 2.24) is 14.9 Å². The standard InChI is InChI=1S/C26H24FN3O5.C2H6.CH3B/c1-4-26(34)16-7-20-23-14(9-30(20)24(32)15(16)10-35-25(26)33)22-18(28-12(3)31)6-5-13-11(2)17(27)8-19(29-23)21(13)22;2*1-2/h7-8,18,34H,4-6,9-10H2,1-3H3,(H,28,31);1-2H3;1H3. The van der Waals surface area contributed by atoms with E-state index >= 15 is 0 Å². The third-order valence-electron chi connectivity index (χ3n) is 7.76. The second-order valence-electron chi connectivity index (χ2n) is 9.60. The molecule has 2 atom stereocenters. The summed E-state index contributed by atoms with van der Waals surface area (Å²) in [5.41, 5.74) is 2.66. The topological polar surface area (TPSA) is 111 Å². The molecule has 2 aliphatic heterocycles. The number of esters is 1. The van der Waals surface area contributed by atoms with Gasteiger partial charge in [-0.3, -0.25) is 9.59 Å². The van der Waals surface area contributed by atoms with Crippen LogP contribution in [0.25, 0.3) is 22.3 Å². The maximum absolute atomic E-state index is 14.8. The number of pyridine rings is 2. The van der Waals surface area contributed by atoms with E-state index in [1.807, 2.05) is 13.8 Å². The molecule has 4 heterocycles. The summed E-state index contributed by atoms with van der Waals surface area (Å²) >= 11 is 0. The summed E-state index contributed by atoms with van der Waals surface area (Å²) in [5.74, 6) is -1.32. The number of aliphatic hydroxyl groups is 1. The van der Waals surface area contributed by atoms with E-state index in [1.165, 1.54) is 19.8 Å². The number of rotatable bonds is 2. The Balaban J connectivity index is 0.000000845. The Hall–Kier alpha value is -3.53. The molecule has 1 aliphatic carbocycles. The van der Waals surface area contributed by atoms with E-state index in [4.69, 9.17) is 9.72 Å². The summed E-state index contributed by atoms with van der Waals surface area (Å²) in [4.78, 5) is 42.8. The van der Waals surface area contributed by atoms with Crippen molar-refractivity contribution in [3.8, 4) is 11.4 Å². The zero-order valence-corrected chi connectivity index (χ0v) is 23.2. The Morgan fingerprint density at radius 3 is 2.59 bits per heavy atom. The molecular formula is C29H33BFN3O5. The molecule has 8 nitrogen and oxygen atoms in total. The van der Waals surface area contributed by atoms with E-state index in [1.54, 1.807) is 24.5 Å². The quantitative estimate of drug-likeness (QED) is 0.299. The molecule has 0 spiro atoms. The lowest BCUT2D eigenvalue weighted by molar-refractivity contribution is -0.172. The minimum Gasteiger partial charge on any atom is -0.458 e. The third-order valence-corrected chi connectivity index (χ3v) is 7.76. The minimum absolute atomic E-state index is 0.0451. The van der Waals surface area contributed by atoms with Crippen molar-refractivity contribution in [2.45, 2.75) is 85.5 Å². The van der Waals surface area contributed by atoms with Crippen molar-refractivity contribution < 1.29 is 23.8 Å². The van der Waals surface area contributed by atoms with Crippen molar-refractivity contribution in [3.63, 3.8) is 0 Å². The van der Waals surface area contributed by atoms with E-state index in [9.17, 15) is 23.9 Å². The molecule has 2 N–H and O–H groups in total. The number of amides is 1. The van der Waals surface area contributed by atoms with Crippen LogP contribution < -0.4 is 10.9 Å². The van der Waals surface area contributed by atoms with Gasteiger partial charge in [-0.2, -0.15) is 0 Å². The second kappa shape index (κ2) is 10.6. The highest BCUT2D eigenvalue weighted by molar-refractivity contribution is 6.05. The van der Waals surface area contributed by atoms with Gasteiger partial charge in [-0.25, -0.2) is 14.2 Å². The summed E-state index contributed by atoms with van der Waals surface area (Å²) in [5, 5.41) is 14.9. The SMILES string of the molecule is CC.CCC1(O)C(=O)OCc2c1cc1n(c2=O)Cc2c-1nc1cc(F)c(C)c3c1c2C(NC(C)=O)CC3.[B]C. The third kappa shape index (κ3) is 4.16. The van der Waals surface area contributed by atoms with Crippen LogP contribution in [0.4, 0.5) is 4.39 Å². The Labute approximate surface area is 228 Å². The first-order valence-corrected chi connectivity index (χ1v) is 13.3. The summed E-state index contributed by atoms with van der Waals surface area (Å²) < 4.78 is 21.5. The summed E-state index contributed by atoms with van der Waals surface area (Å²) in [6.45, 7) is 10.4. The smallest absolute Gasteiger partial charge is 0.343 e. The number of aryl methyl sites for hydroxylation is 1. The van der Waals surface area contributed by atoms with Crippen LogP contribution in [0.2, 0.25) is 6.82 Å². The number of carbonyl (C=O) groups excluding carboxylic acids is 2. The Morgan fingerprint density at radius 1 is 1.26 bits per heavy atom. The molecule has 1 amide bonds. The minimum atomic E-state index is -1.93. The number of carbonyl (C=O) groups is 2. The summed E-state index contributed by atoms with van der Waals surface area (Å²) in [6, 6.07) is 2.73. The van der Waals surface area contributed by atoms with Crippen molar-refractivity contribution in [2.24, 2.45) is 0 Å². The fourth-order valence-electron chi connectivity index (χ4n) is 5.94. The number of aromatic nitrogens is 2. The van der Waals surface area contributed by atoms with Gasteiger partial charge in [0.25, 0.3) is 5.56 Å². The molecule has 0 saturated carbocycles. The highest BCUT2D eigenvalue weighted by Crippen LogP contribution is 2.45.